The molecule has 0 radical (unpaired) electrons. The number of benzene rings is 2. The molecular weight excluding hydrogens is 418 g/mol. The lowest BCUT2D eigenvalue weighted by molar-refractivity contribution is 0.393. The van der Waals surface area contributed by atoms with Gasteiger partial charge >= 0.3 is 0 Å². The standard InChI is InChI=1S/C21H20BrN5O/c1-13-5-6-16(21-14(2)24-28-15(21)3)11-20(13)26(4)17-7-8-19(18(22)12-17)27-10-9-23-25-27/h5-12H,1-4H3/i4D3. The summed E-state index contributed by atoms with van der Waals surface area (Å²) in [5.74, 6) is 0.688. The molecule has 0 unspecified atom stereocenters. The molecule has 0 fully saturated rings. The molecule has 0 bridgehead atoms. The Bertz CT molecular complexity index is 1220. The highest BCUT2D eigenvalue weighted by Crippen LogP contribution is 2.35. The number of anilines is 2. The van der Waals surface area contributed by atoms with Crippen molar-refractivity contribution < 1.29 is 8.64 Å². The Balaban J connectivity index is 1.85. The molecule has 0 N–H and O–H groups in total. The van der Waals surface area contributed by atoms with Crippen LogP contribution in [0, 0.1) is 20.8 Å². The summed E-state index contributed by atoms with van der Waals surface area (Å²) in [4.78, 5) is 1.36. The second-order valence-corrected chi connectivity index (χ2v) is 7.37. The van der Waals surface area contributed by atoms with Crippen LogP contribution in [0.1, 0.15) is 21.1 Å². The summed E-state index contributed by atoms with van der Waals surface area (Å²) < 4.78 is 32.3. The Morgan fingerprint density at radius 3 is 2.64 bits per heavy atom. The molecule has 7 heteroatoms. The van der Waals surface area contributed by atoms with Gasteiger partial charge in [0, 0.05) is 32.5 Å². The normalized spacial score (nSPS) is 13.1. The predicted molar refractivity (Wildman–Crippen MR) is 113 cm³/mol. The van der Waals surface area contributed by atoms with Crippen LogP contribution in [0.5, 0.6) is 0 Å². The van der Waals surface area contributed by atoms with E-state index < -0.39 is 6.98 Å². The van der Waals surface area contributed by atoms with Gasteiger partial charge in [0.25, 0.3) is 0 Å². The number of hydrogen-bond donors (Lipinski definition) is 0. The SMILES string of the molecule is [2H]C([2H])([2H])N(c1ccc(-n2ccnn2)c(Br)c1)c1cc(-c2c(C)noc2C)ccc1C. The predicted octanol–water partition coefficient (Wildman–Crippen LogP) is 5.38. The molecule has 0 aliphatic heterocycles. The van der Waals surface area contributed by atoms with Crippen LogP contribution in [0.4, 0.5) is 11.4 Å². The van der Waals surface area contributed by atoms with Gasteiger partial charge in [-0.2, -0.15) is 0 Å². The van der Waals surface area contributed by atoms with E-state index in [0.29, 0.717) is 21.6 Å². The Morgan fingerprint density at radius 1 is 1.14 bits per heavy atom. The van der Waals surface area contributed by atoms with Crippen molar-refractivity contribution in [1.29, 1.82) is 0 Å². The fourth-order valence-corrected chi connectivity index (χ4v) is 3.75. The topological polar surface area (TPSA) is 60.0 Å². The van der Waals surface area contributed by atoms with E-state index in [4.69, 9.17) is 8.64 Å². The third kappa shape index (κ3) is 3.22. The van der Waals surface area contributed by atoms with E-state index in [9.17, 15) is 0 Å². The van der Waals surface area contributed by atoms with Crippen LogP contribution in [0.3, 0.4) is 0 Å². The van der Waals surface area contributed by atoms with Gasteiger partial charge in [-0.15, -0.1) is 5.10 Å². The summed E-state index contributed by atoms with van der Waals surface area (Å²) >= 11 is 3.54. The number of aryl methyl sites for hydroxylation is 3. The fourth-order valence-electron chi connectivity index (χ4n) is 3.20. The average molecular weight is 441 g/mol. The van der Waals surface area contributed by atoms with Gasteiger partial charge in [0.2, 0.25) is 0 Å². The molecule has 0 atom stereocenters. The van der Waals surface area contributed by atoms with Gasteiger partial charge < -0.3 is 9.42 Å². The van der Waals surface area contributed by atoms with Crippen LogP contribution in [-0.2, 0) is 0 Å². The van der Waals surface area contributed by atoms with Crippen molar-refractivity contribution in [2.75, 3.05) is 11.9 Å². The zero-order valence-electron chi connectivity index (χ0n) is 18.6. The molecule has 2 aromatic heterocycles. The van der Waals surface area contributed by atoms with Crippen LogP contribution >= 0.6 is 15.9 Å². The number of hydrogen-bond acceptors (Lipinski definition) is 5. The van der Waals surface area contributed by atoms with Crippen LogP contribution in [0.25, 0.3) is 16.8 Å². The largest absolute Gasteiger partial charge is 0.361 e. The van der Waals surface area contributed by atoms with Crippen molar-refractivity contribution in [3.05, 3.63) is 70.3 Å². The van der Waals surface area contributed by atoms with Crippen molar-refractivity contribution >= 4 is 27.3 Å². The number of rotatable bonds is 4. The lowest BCUT2D eigenvalue weighted by Gasteiger charge is -2.23. The number of halogens is 1. The van der Waals surface area contributed by atoms with Gasteiger partial charge in [-0.3, -0.25) is 0 Å². The second kappa shape index (κ2) is 7.24. The van der Waals surface area contributed by atoms with Crippen molar-refractivity contribution in [2.45, 2.75) is 20.8 Å². The van der Waals surface area contributed by atoms with E-state index in [-0.39, 0.29) is 0 Å². The molecule has 2 heterocycles. The third-order valence-corrected chi connectivity index (χ3v) is 5.27. The molecule has 0 saturated carbocycles. The Hall–Kier alpha value is -2.93. The van der Waals surface area contributed by atoms with Gasteiger partial charge in [-0.25, -0.2) is 4.68 Å². The zero-order chi connectivity index (χ0) is 22.3. The van der Waals surface area contributed by atoms with Crippen LogP contribution in [0.15, 0.2) is 57.8 Å². The first-order valence-corrected chi connectivity index (χ1v) is 9.46. The number of aromatic nitrogens is 4. The molecule has 4 rings (SSSR count). The molecule has 0 aliphatic rings. The van der Waals surface area contributed by atoms with Crippen molar-refractivity contribution in [2.24, 2.45) is 0 Å². The maximum absolute atomic E-state index is 8.24. The van der Waals surface area contributed by atoms with E-state index >= 15 is 0 Å². The van der Waals surface area contributed by atoms with E-state index in [2.05, 4.69) is 31.4 Å². The summed E-state index contributed by atoms with van der Waals surface area (Å²) in [6.45, 7) is 3.20. The van der Waals surface area contributed by atoms with Gasteiger partial charge in [0.1, 0.15) is 5.76 Å². The highest BCUT2D eigenvalue weighted by molar-refractivity contribution is 9.10. The maximum Gasteiger partial charge on any atom is 0.141 e. The van der Waals surface area contributed by atoms with E-state index in [1.165, 1.54) is 4.90 Å². The molecule has 28 heavy (non-hydrogen) atoms. The molecule has 0 spiro atoms. The quantitative estimate of drug-likeness (QED) is 0.426. The van der Waals surface area contributed by atoms with Crippen molar-refractivity contribution in [3.63, 3.8) is 0 Å². The van der Waals surface area contributed by atoms with Gasteiger partial charge in [-0.1, -0.05) is 22.5 Å². The Morgan fingerprint density at radius 2 is 2.00 bits per heavy atom. The minimum absolute atomic E-state index is 0.523. The Kier molecular flexibility index (Phi) is 3.89. The summed E-state index contributed by atoms with van der Waals surface area (Å²) in [5, 5.41) is 11.8. The lowest BCUT2D eigenvalue weighted by atomic mass is 10.0. The first-order valence-electron chi connectivity index (χ1n) is 10.2. The molecular formula is C21H20BrN5O. The first kappa shape index (κ1) is 15.0. The van der Waals surface area contributed by atoms with Crippen LogP contribution < -0.4 is 4.90 Å². The zero-order valence-corrected chi connectivity index (χ0v) is 17.2. The van der Waals surface area contributed by atoms with Gasteiger partial charge in [0.05, 0.1) is 23.8 Å². The fraction of sp³-hybridized carbons (Fsp3) is 0.190. The van der Waals surface area contributed by atoms with E-state index in [1.807, 2.05) is 39.0 Å². The molecule has 6 nitrogen and oxygen atoms in total. The minimum Gasteiger partial charge on any atom is -0.361 e. The minimum atomic E-state index is -2.41. The maximum atomic E-state index is 8.24. The molecule has 0 saturated heterocycles. The number of nitrogens with zero attached hydrogens (tertiary/aromatic N) is 5. The van der Waals surface area contributed by atoms with Gasteiger partial charge in [-0.05, 0) is 72.1 Å². The smallest absolute Gasteiger partial charge is 0.141 e. The summed E-state index contributed by atoms with van der Waals surface area (Å²) in [5.41, 5.74) is 5.18. The van der Waals surface area contributed by atoms with Crippen LogP contribution in [-0.4, -0.2) is 27.1 Å². The van der Waals surface area contributed by atoms with E-state index in [0.717, 1.165) is 28.1 Å². The molecule has 0 amide bonds. The Labute approximate surface area is 176 Å². The molecule has 4 aromatic rings. The first-order chi connectivity index (χ1) is 14.7. The summed E-state index contributed by atoms with van der Waals surface area (Å²) in [6, 6.07) is 11.1. The van der Waals surface area contributed by atoms with E-state index in [1.54, 1.807) is 35.3 Å². The van der Waals surface area contributed by atoms with Gasteiger partial charge in [0.15, 0.2) is 0 Å². The molecule has 142 valence electrons. The van der Waals surface area contributed by atoms with Crippen molar-refractivity contribution in [3.8, 4) is 16.8 Å². The van der Waals surface area contributed by atoms with Crippen molar-refractivity contribution in [1.82, 2.24) is 20.2 Å². The third-order valence-electron chi connectivity index (χ3n) is 4.63. The summed E-state index contributed by atoms with van der Waals surface area (Å²) in [6.07, 6.45) is 3.30. The average Bonchev–Trinajstić information content (AvgIpc) is 3.33. The van der Waals surface area contributed by atoms with Crippen LogP contribution in [0.2, 0.25) is 0 Å². The summed E-state index contributed by atoms with van der Waals surface area (Å²) in [7, 11) is 0. The monoisotopic (exact) mass is 440 g/mol. The second-order valence-electron chi connectivity index (χ2n) is 6.52. The molecule has 0 aliphatic carbocycles. The highest BCUT2D eigenvalue weighted by atomic mass is 79.9. The lowest BCUT2D eigenvalue weighted by Crippen LogP contribution is -2.11. The molecule has 2 aromatic carbocycles. The highest BCUT2D eigenvalue weighted by Gasteiger charge is 2.15.